The van der Waals surface area contributed by atoms with Gasteiger partial charge in [0.25, 0.3) is 0 Å². The number of aliphatic hydroxyl groups is 1. The predicted molar refractivity (Wildman–Crippen MR) is 151 cm³/mol. The molecule has 0 bridgehead atoms. The number of nitrogens with zero attached hydrogens (tertiary/aromatic N) is 1. The molecule has 1 fully saturated rings. The smallest absolute Gasteiger partial charge is 0.131 e. The molecule has 38 heavy (non-hydrogen) atoms. The van der Waals surface area contributed by atoms with Gasteiger partial charge in [-0.15, -0.1) is 0 Å². The first kappa shape index (κ1) is 25.8. The van der Waals surface area contributed by atoms with E-state index in [2.05, 4.69) is 48.2 Å². The Balaban J connectivity index is 1.31. The van der Waals surface area contributed by atoms with Gasteiger partial charge in [-0.3, -0.25) is 0 Å². The van der Waals surface area contributed by atoms with Crippen LogP contribution in [0.25, 0.3) is 11.1 Å². The minimum atomic E-state index is -0.260. The third kappa shape index (κ3) is 5.25. The van der Waals surface area contributed by atoms with Crippen LogP contribution in [-0.4, -0.2) is 38.5 Å². The maximum atomic E-state index is 14.5. The van der Waals surface area contributed by atoms with Gasteiger partial charge in [-0.2, -0.15) is 0 Å². The molecule has 2 atom stereocenters. The highest BCUT2D eigenvalue weighted by Crippen LogP contribution is 2.39. The lowest BCUT2D eigenvalue weighted by molar-refractivity contribution is 0.265. The summed E-state index contributed by atoms with van der Waals surface area (Å²) in [6.07, 6.45) is 1.68. The summed E-state index contributed by atoms with van der Waals surface area (Å²) in [5.74, 6) is 1.59. The zero-order valence-corrected chi connectivity index (χ0v) is 22.2. The monoisotopic (exact) mass is 511 g/mol. The van der Waals surface area contributed by atoms with Crippen LogP contribution in [0.2, 0.25) is 0 Å². The number of ether oxygens (including phenoxy) is 2. The second-order valence-electron chi connectivity index (χ2n) is 9.99. The van der Waals surface area contributed by atoms with Crippen molar-refractivity contribution in [3.63, 3.8) is 0 Å². The highest BCUT2D eigenvalue weighted by atomic mass is 19.1. The van der Waals surface area contributed by atoms with Crippen LogP contribution in [0, 0.1) is 12.7 Å². The molecule has 4 aromatic carbocycles. The molecule has 0 saturated carbocycles. The molecule has 5 heteroatoms. The van der Waals surface area contributed by atoms with Gasteiger partial charge in [0.1, 0.15) is 17.3 Å². The molecule has 4 nitrogen and oxygen atoms in total. The number of hydrogen-bond donors (Lipinski definition) is 1. The van der Waals surface area contributed by atoms with E-state index in [-0.39, 0.29) is 18.5 Å². The molecule has 4 aromatic rings. The van der Waals surface area contributed by atoms with Crippen molar-refractivity contribution >= 4 is 5.69 Å². The Bertz CT molecular complexity index is 1400. The van der Waals surface area contributed by atoms with E-state index in [1.54, 1.807) is 26.4 Å². The quantitative estimate of drug-likeness (QED) is 0.284. The summed E-state index contributed by atoms with van der Waals surface area (Å²) in [5.41, 5.74) is 7.22. The van der Waals surface area contributed by atoms with Crippen molar-refractivity contribution in [2.75, 3.05) is 32.3 Å². The van der Waals surface area contributed by atoms with Crippen LogP contribution in [0.1, 0.15) is 34.6 Å². The zero-order chi connectivity index (χ0) is 26.6. The predicted octanol–water partition coefficient (Wildman–Crippen LogP) is 6.76. The second kappa shape index (κ2) is 11.3. The Morgan fingerprint density at radius 2 is 1.71 bits per heavy atom. The number of halogens is 1. The number of hydrogen-bond acceptors (Lipinski definition) is 4. The summed E-state index contributed by atoms with van der Waals surface area (Å²) in [5, 5.41) is 10.1. The normalized spacial score (nSPS) is 17.0. The SMILES string of the molecule is COc1ccc(F)c(-c2ccc(Cc3ccc(N4CC(c5ccccc5OC)C[C@@H]4CO)cc3)c(C)c2)c1. The number of anilines is 1. The zero-order valence-electron chi connectivity index (χ0n) is 22.2. The van der Waals surface area contributed by atoms with Crippen molar-refractivity contribution < 1.29 is 19.0 Å². The number of rotatable bonds is 8. The number of para-hydroxylation sites is 1. The average Bonchev–Trinajstić information content (AvgIpc) is 3.39. The van der Waals surface area contributed by atoms with Crippen LogP contribution in [0.3, 0.4) is 0 Å². The van der Waals surface area contributed by atoms with Crippen LogP contribution >= 0.6 is 0 Å². The van der Waals surface area contributed by atoms with Gasteiger partial charge in [0.05, 0.1) is 26.9 Å². The standard InChI is InChI=1S/C33H34FNO3/c1-22-16-25(31-19-29(37-2)14-15-32(31)34)11-10-24(22)17-23-8-12-27(13-9-23)35-20-26(18-28(35)21-36)30-6-4-5-7-33(30)38-3/h4-16,19,26,28,36H,17-18,20-21H2,1-3H3/t26?,28-/m1/s1. The highest BCUT2D eigenvalue weighted by molar-refractivity contribution is 5.67. The van der Waals surface area contributed by atoms with Crippen molar-refractivity contribution in [2.24, 2.45) is 0 Å². The minimum absolute atomic E-state index is 0.0718. The van der Waals surface area contributed by atoms with Gasteiger partial charge in [-0.1, -0.05) is 48.5 Å². The number of benzene rings is 4. The molecule has 1 N–H and O–H groups in total. The second-order valence-corrected chi connectivity index (χ2v) is 9.99. The maximum Gasteiger partial charge on any atom is 0.131 e. The molecule has 1 unspecified atom stereocenters. The molecule has 0 aromatic heterocycles. The van der Waals surface area contributed by atoms with E-state index in [4.69, 9.17) is 9.47 Å². The van der Waals surface area contributed by atoms with Crippen LogP contribution in [0.15, 0.2) is 84.9 Å². The molecule has 1 heterocycles. The summed E-state index contributed by atoms with van der Waals surface area (Å²) in [6.45, 7) is 3.03. The summed E-state index contributed by atoms with van der Waals surface area (Å²) >= 11 is 0. The fraction of sp³-hybridized carbons (Fsp3) is 0.273. The van der Waals surface area contributed by atoms with Gasteiger partial charge >= 0.3 is 0 Å². The van der Waals surface area contributed by atoms with Crippen LogP contribution < -0.4 is 14.4 Å². The largest absolute Gasteiger partial charge is 0.497 e. The molecule has 196 valence electrons. The Hall–Kier alpha value is -3.83. The first-order chi connectivity index (χ1) is 18.5. The molecule has 1 saturated heterocycles. The van der Waals surface area contributed by atoms with Crippen molar-refractivity contribution in [1.82, 2.24) is 0 Å². The van der Waals surface area contributed by atoms with E-state index >= 15 is 0 Å². The minimum Gasteiger partial charge on any atom is -0.497 e. The molecular weight excluding hydrogens is 477 g/mol. The Morgan fingerprint density at radius 3 is 2.42 bits per heavy atom. The van der Waals surface area contributed by atoms with E-state index < -0.39 is 0 Å². The van der Waals surface area contributed by atoms with Crippen molar-refractivity contribution in [1.29, 1.82) is 0 Å². The van der Waals surface area contributed by atoms with Gasteiger partial charge in [-0.05, 0) is 84.0 Å². The lowest BCUT2D eigenvalue weighted by atomic mass is 9.95. The first-order valence-electron chi connectivity index (χ1n) is 13.0. The molecule has 5 rings (SSSR count). The molecule has 0 amide bonds. The van der Waals surface area contributed by atoms with Crippen LogP contribution in [0.4, 0.5) is 10.1 Å². The summed E-state index contributed by atoms with van der Waals surface area (Å²) < 4.78 is 25.3. The van der Waals surface area contributed by atoms with Gasteiger partial charge in [0.2, 0.25) is 0 Å². The van der Waals surface area contributed by atoms with Crippen molar-refractivity contribution in [3.8, 4) is 22.6 Å². The lowest BCUT2D eigenvalue weighted by Gasteiger charge is -2.25. The Morgan fingerprint density at radius 1 is 0.921 bits per heavy atom. The first-order valence-corrected chi connectivity index (χ1v) is 13.0. The van der Waals surface area contributed by atoms with Gasteiger partial charge in [0.15, 0.2) is 0 Å². The molecule has 0 aliphatic carbocycles. The van der Waals surface area contributed by atoms with E-state index in [1.165, 1.54) is 22.8 Å². The third-order valence-electron chi connectivity index (χ3n) is 7.69. The summed E-state index contributed by atoms with van der Waals surface area (Å²) in [7, 11) is 3.29. The highest BCUT2D eigenvalue weighted by Gasteiger charge is 2.34. The Kier molecular flexibility index (Phi) is 7.66. The number of aliphatic hydroxyl groups excluding tert-OH is 1. The van der Waals surface area contributed by atoms with Gasteiger partial charge < -0.3 is 19.5 Å². The number of methoxy groups -OCH3 is 2. The fourth-order valence-electron chi connectivity index (χ4n) is 5.57. The van der Waals surface area contributed by atoms with Crippen molar-refractivity contribution in [2.45, 2.75) is 31.7 Å². The van der Waals surface area contributed by atoms with E-state index in [0.29, 0.717) is 17.2 Å². The summed E-state index contributed by atoms with van der Waals surface area (Å²) in [4.78, 5) is 2.31. The van der Waals surface area contributed by atoms with Crippen LogP contribution in [-0.2, 0) is 6.42 Å². The fourth-order valence-corrected chi connectivity index (χ4v) is 5.57. The van der Waals surface area contributed by atoms with Crippen LogP contribution in [0.5, 0.6) is 11.5 Å². The van der Waals surface area contributed by atoms with Gasteiger partial charge in [-0.25, -0.2) is 4.39 Å². The number of aryl methyl sites for hydroxylation is 1. The average molecular weight is 512 g/mol. The summed E-state index contributed by atoms with van der Waals surface area (Å²) in [6, 6.07) is 27.8. The molecule has 1 aliphatic heterocycles. The lowest BCUT2D eigenvalue weighted by Crippen LogP contribution is -2.32. The van der Waals surface area contributed by atoms with E-state index in [0.717, 1.165) is 42.0 Å². The third-order valence-corrected chi connectivity index (χ3v) is 7.69. The Labute approximate surface area is 224 Å². The maximum absolute atomic E-state index is 14.5. The van der Waals surface area contributed by atoms with E-state index in [9.17, 15) is 9.50 Å². The van der Waals surface area contributed by atoms with Gasteiger partial charge in [0, 0.05) is 23.7 Å². The van der Waals surface area contributed by atoms with Crippen molar-refractivity contribution in [3.05, 3.63) is 113 Å². The molecule has 0 spiro atoms. The molecular formula is C33H34FNO3. The molecule has 0 radical (unpaired) electrons. The topological polar surface area (TPSA) is 41.9 Å². The molecule has 1 aliphatic rings. The van der Waals surface area contributed by atoms with E-state index in [1.807, 2.05) is 30.3 Å².